The Bertz CT molecular complexity index is 2360. The number of nitrogens with one attached hydrogen (secondary N) is 2. The third-order valence-electron chi connectivity index (χ3n) is 10.7. The molecule has 53 heavy (non-hydrogen) atoms. The van der Waals surface area contributed by atoms with Crippen molar-refractivity contribution in [1.82, 2.24) is 19.9 Å². The summed E-state index contributed by atoms with van der Waals surface area (Å²) in [5.74, 6) is -4.39. The quantitative estimate of drug-likeness (QED) is 0.161. The summed E-state index contributed by atoms with van der Waals surface area (Å²) < 4.78 is 10.4. The second-order valence-corrected chi connectivity index (χ2v) is 13.8. The number of methoxy groups -OCH3 is 2. The molecule has 6 rings (SSSR count). The lowest BCUT2D eigenvalue weighted by Crippen LogP contribution is -2.42. The van der Waals surface area contributed by atoms with Crippen molar-refractivity contribution in [1.29, 1.82) is 0 Å². The lowest BCUT2D eigenvalue weighted by molar-refractivity contribution is -0.149. The largest absolute Gasteiger partial charge is 0.481 e. The summed E-state index contributed by atoms with van der Waals surface area (Å²) in [6.07, 6.45) is 2.57. The minimum Gasteiger partial charge on any atom is -0.481 e. The molecule has 0 radical (unpaired) electrons. The number of aliphatic carboxylic acids is 2. The number of H-pyrrole nitrogens is 2. The Hall–Kier alpha value is -5.82. The number of carboxylic acids is 2. The van der Waals surface area contributed by atoms with Crippen molar-refractivity contribution in [3.8, 4) is 0 Å². The summed E-state index contributed by atoms with van der Waals surface area (Å²) in [7, 11) is 2.50. The highest BCUT2D eigenvalue weighted by molar-refractivity contribution is 6.02. The predicted molar refractivity (Wildman–Crippen MR) is 197 cm³/mol. The number of ether oxygens (including phenoxy) is 2. The van der Waals surface area contributed by atoms with Gasteiger partial charge in [-0.1, -0.05) is 12.2 Å². The van der Waals surface area contributed by atoms with E-state index < -0.39 is 41.3 Å². The monoisotopic (exact) mass is 722 g/mol. The first-order valence-electron chi connectivity index (χ1n) is 17.3. The molecule has 13 heteroatoms. The van der Waals surface area contributed by atoms with Crippen molar-refractivity contribution >= 4 is 62.7 Å². The highest BCUT2D eigenvalue weighted by atomic mass is 16.5. The van der Waals surface area contributed by atoms with Gasteiger partial charge in [-0.05, 0) is 105 Å². The molecule has 1 aliphatic carbocycles. The first-order chi connectivity index (χ1) is 25.1. The van der Waals surface area contributed by atoms with Gasteiger partial charge in [0, 0.05) is 40.5 Å². The van der Waals surface area contributed by atoms with Crippen molar-refractivity contribution in [2.45, 2.75) is 71.8 Å². The van der Waals surface area contributed by atoms with E-state index in [0.29, 0.717) is 56.0 Å². The topological polar surface area (TPSA) is 205 Å². The number of aromatic amines is 2. The summed E-state index contributed by atoms with van der Waals surface area (Å²) in [5, 5.41) is 30.3. The first kappa shape index (κ1) is 37.0. The van der Waals surface area contributed by atoms with E-state index in [2.05, 4.69) is 9.97 Å². The number of aliphatic hydroxyl groups excluding tert-OH is 1. The molecule has 8 bridgehead atoms. The molecule has 3 aliphatic rings. The number of hydrogen-bond donors (Lipinski definition) is 5. The van der Waals surface area contributed by atoms with E-state index in [1.165, 1.54) is 14.2 Å². The number of fused-ring (bicyclic) bond motifs is 11. The Labute approximate surface area is 305 Å². The maximum absolute atomic E-state index is 13.7. The Morgan fingerprint density at radius 1 is 0.811 bits per heavy atom. The maximum Gasteiger partial charge on any atom is 0.334 e. The fourth-order valence-electron chi connectivity index (χ4n) is 7.86. The number of esters is 2. The highest BCUT2D eigenvalue weighted by Crippen LogP contribution is 2.52. The van der Waals surface area contributed by atoms with Crippen LogP contribution in [0.5, 0.6) is 0 Å². The van der Waals surface area contributed by atoms with E-state index in [1.54, 1.807) is 25.1 Å². The minimum absolute atomic E-state index is 0.0993. The molecule has 3 atom stereocenters. The van der Waals surface area contributed by atoms with Crippen LogP contribution in [0.3, 0.4) is 0 Å². The summed E-state index contributed by atoms with van der Waals surface area (Å²) in [6, 6.07) is 7.28. The van der Waals surface area contributed by atoms with Crippen LogP contribution in [0.2, 0.25) is 0 Å². The molecule has 2 aliphatic heterocycles. The third-order valence-corrected chi connectivity index (χ3v) is 10.7. The highest BCUT2D eigenvalue weighted by Gasteiger charge is 2.53. The zero-order valence-corrected chi connectivity index (χ0v) is 30.6. The van der Waals surface area contributed by atoms with Crippen LogP contribution in [-0.4, -0.2) is 73.4 Å². The SMILES string of the molecule is COC(=O)C1=CC=C2c3cc4[nH]c(cc5nc(cc6[nH]c(cc(n3)C2(C)C1C(=O)OC)c(C(C)O)c6C)C(C)=C5CCC(=O)O)c(CCC(=O)O)c4C. The van der Waals surface area contributed by atoms with E-state index in [1.807, 2.05) is 45.9 Å². The number of carbonyl (C=O) groups is 4. The number of carboxylic acid groups (broad SMARTS) is 2. The molecule has 3 unspecified atom stereocenters. The molecule has 0 amide bonds. The number of aryl methyl sites for hydroxylation is 3. The molecule has 0 aromatic carbocycles. The van der Waals surface area contributed by atoms with Crippen molar-refractivity contribution in [2.24, 2.45) is 5.92 Å². The predicted octanol–water partition coefficient (Wildman–Crippen LogP) is 6.04. The zero-order chi connectivity index (χ0) is 38.5. The number of aromatic nitrogens is 4. The summed E-state index contributed by atoms with van der Waals surface area (Å²) in [5.41, 5.74) is 8.38. The minimum atomic E-state index is -1.23. The van der Waals surface area contributed by atoms with Crippen LogP contribution in [0.25, 0.3) is 38.8 Å². The van der Waals surface area contributed by atoms with Crippen LogP contribution in [0.15, 0.2) is 42.0 Å². The third kappa shape index (κ3) is 6.35. The number of rotatable bonds is 9. The Balaban J connectivity index is 1.79. The van der Waals surface area contributed by atoms with Crippen LogP contribution in [0.1, 0.15) is 91.2 Å². The van der Waals surface area contributed by atoms with Crippen LogP contribution in [0, 0.1) is 19.8 Å². The fraction of sp³-hybridized carbons (Fsp3) is 0.350. The molecule has 0 spiro atoms. The first-order valence-corrected chi connectivity index (χ1v) is 17.3. The van der Waals surface area contributed by atoms with Crippen LogP contribution in [-0.2, 0) is 40.5 Å². The van der Waals surface area contributed by atoms with Gasteiger partial charge in [0.05, 0.1) is 54.1 Å². The second-order valence-electron chi connectivity index (χ2n) is 13.8. The molecule has 3 aromatic heterocycles. The molecule has 276 valence electrons. The molecular formula is C40H42N4O9. The van der Waals surface area contributed by atoms with Gasteiger partial charge < -0.3 is 34.8 Å². The van der Waals surface area contributed by atoms with Crippen LogP contribution < -0.4 is 0 Å². The molecule has 0 saturated heterocycles. The van der Waals surface area contributed by atoms with Gasteiger partial charge in [-0.25, -0.2) is 9.78 Å². The lowest BCUT2D eigenvalue weighted by atomic mass is 9.64. The number of carbonyl (C=O) groups excluding carboxylic acids is 2. The molecule has 5 N–H and O–H groups in total. The van der Waals surface area contributed by atoms with E-state index in [0.717, 1.165) is 27.8 Å². The Morgan fingerprint density at radius 3 is 2.08 bits per heavy atom. The fourth-order valence-corrected chi connectivity index (χ4v) is 7.86. The second kappa shape index (κ2) is 14.0. The lowest BCUT2D eigenvalue weighted by Gasteiger charge is -2.36. The molecule has 3 aromatic rings. The van der Waals surface area contributed by atoms with Gasteiger partial charge in [-0.3, -0.25) is 19.4 Å². The van der Waals surface area contributed by atoms with Crippen molar-refractivity contribution in [3.05, 3.63) is 87.0 Å². The summed E-state index contributed by atoms with van der Waals surface area (Å²) in [4.78, 5) is 67.2. The van der Waals surface area contributed by atoms with E-state index >= 15 is 0 Å². The van der Waals surface area contributed by atoms with Gasteiger partial charge in [-0.2, -0.15) is 0 Å². The number of allylic oxidation sites excluding steroid dienone is 5. The van der Waals surface area contributed by atoms with Gasteiger partial charge >= 0.3 is 23.9 Å². The average Bonchev–Trinajstić information content (AvgIpc) is 3.76. The molecular weight excluding hydrogens is 680 g/mol. The van der Waals surface area contributed by atoms with Gasteiger partial charge in [-0.15, -0.1) is 0 Å². The standard InChI is InChI=1S/C40H42N4O9/c1-18-22(9-12-34(46)47)29-16-30-23(10-13-35(48)49)19(2)27(42-30)15-31-25-11-8-24(38(50)52-6)37(39(51)53-7)40(25,5)33(44-31)17-32-36(21(4)45)20(3)28(43-32)14-26(18)41-29/h8,11,14-17,21,37,42-43,45H,9-10,12-13H2,1-7H3,(H,46,47)(H,48,49). The maximum atomic E-state index is 13.7. The van der Waals surface area contributed by atoms with Crippen LogP contribution >= 0.6 is 0 Å². The van der Waals surface area contributed by atoms with Crippen LogP contribution in [0.4, 0.5) is 0 Å². The van der Waals surface area contributed by atoms with Gasteiger partial charge in [0.1, 0.15) is 5.92 Å². The molecule has 13 nitrogen and oxygen atoms in total. The van der Waals surface area contributed by atoms with E-state index in [9.17, 15) is 34.5 Å². The number of aliphatic hydroxyl groups is 1. The summed E-state index contributed by atoms with van der Waals surface area (Å²) >= 11 is 0. The van der Waals surface area contributed by atoms with Gasteiger partial charge in [0.15, 0.2) is 0 Å². The normalized spacial score (nSPS) is 18.5. The van der Waals surface area contributed by atoms with E-state index in [-0.39, 0.29) is 31.3 Å². The summed E-state index contributed by atoms with van der Waals surface area (Å²) in [6.45, 7) is 9.11. The Morgan fingerprint density at radius 2 is 1.43 bits per heavy atom. The van der Waals surface area contributed by atoms with Crippen molar-refractivity contribution in [3.63, 3.8) is 0 Å². The number of hydrogen-bond acceptors (Lipinski definition) is 9. The van der Waals surface area contributed by atoms with Gasteiger partial charge in [0.25, 0.3) is 0 Å². The Kier molecular flexibility index (Phi) is 9.73. The molecule has 0 saturated carbocycles. The molecule has 0 fully saturated rings. The van der Waals surface area contributed by atoms with Crippen molar-refractivity contribution in [2.75, 3.05) is 14.2 Å². The number of nitrogens with zero attached hydrogens (tertiary/aromatic N) is 2. The molecule has 5 heterocycles. The van der Waals surface area contributed by atoms with Gasteiger partial charge in [0.2, 0.25) is 0 Å². The van der Waals surface area contributed by atoms with Crippen molar-refractivity contribution < 1.29 is 44.0 Å². The average molecular weight is 723 g/mol. The smallest absolute Gasteiger partial charge is 0.334 e. The zero-order valence-electron chi connectivity index (χ0n) is 30.6. The van der Waals surface area contributed by atoms with E-state index in [4.69, 9.17) is 19.4 Å².